The Bertz CT molecular complexity index is 705. The first-order valence-corrected chi connectivity index (χ1v) is 9.27. The van der Waals surface area contributed by atoms with Crippen molar-refractivity contribution in [1.29, 1.82) is 0 Å². The van der Waals surface area contributed by atoms with Gasteiger partial charge in [0, 0.05) is 17.1 Å². The van der Waals surface area contributed by atoms with Gasteiger partial charge in [-0.2, -0.15) is 0 Å². The number of rotatable bonds is 0. The van der Waals surface area contributed by atoms with Gasteiger partial charge in [-0.3, -0.25) is 0 Å². The lowest BCUT2D eigenvalue weighted by molar-refractivity contribution is -0.244. The Balaban J connectivity index is 1.89. The van der Waals surface area contributed by atoms with Gasteiger partial charge < -0.3 is 20.1 Å². The third-order valence-electron chi connectivity index (χ3n) is 7.56. The van der Waals surface area contributed by atoms with Crippen molar-refractivity contribution in [2.75, 3.05) is 0 Å². The number of carbonyl (C=O) groups excluding carboxylic acids is 1. The van der Waals surface area contributed by atoms with Crippen LogP contribution in [0, 0.1) is 22.7 Å². The maximum absolute atomic E-state index is 12.0. The summed E-state index contributed by atoms with van der Waals surface area (Å²) in [6, 6.07) is 0. The quantitative estimate of drug-likeness (QED) is 0.583. The Morgan fingerprint density at radius 2 is 1.88 bits per heavy atom. The average Bonchev–Trinajstić information content (AvgIpc) is 2.73. The normalized spacial score (nSPS) is 48.3. The van der Waals surface area contributed by atoms with Gasteiger partial charge in [-0.25, -0.2) is 4.79 Å². The molecule has 5 nitrogen and oxygen atoms in total. The predicted octanol–water partition coefficient (Wildman–Crippen LogP) is 2.06. The monoisotopic (exact) mass is 348 g/mol. The molecule has 138 valence electrons. The predicted molar refractivity (Wildman–Crippen MR) is 91.2 cm³/mol. The molecule has 25 heavy (non-hydrogen) atoms. The zero-order valence-electron chi connectivity index (χ0n) is 15.4. The van der Waals surface area contributed by atoms with Crippen molar-refractivity contribution in [3.05, 3.63) is 22.8 Å². The van der Waals surface area contributed by atoms with Gasteiger partial charge in [0.1, 0.15) is 6.10 Å². The minimum Gasteiger partial charge on any atom is -0.422 e. The van der Waals surface area contributed by atoms with Crippen molar-refractivity contribution in [1.82, 2.24) is 0 Å². The number of esters is 1. The first-order valence-electron chi connectivity index (χ1n) is 9.27. The fourth-order valence-electron chi connectivity index (χ4n) is 6.28. The summed E-state index contributed by atoms with van der Waals surface area (Å²) >= 11 is 0. The summed E-state index contributed by atoms with van der Waals surface area (Å²) in [6.07, 6.45) is 3.49. The number of aliphatic hydroxyl groups excluding tert-OH is 2. The smallest absolute Gasteiger partial charge is 0.337 e. The van der Waals surface area contributed by atoms with E-state index in [0.717, 1.165) is 24.8 Å². The average molecular weight is 348 g/mol. The maximum Gasteiger partial charge on any atom is 0.337 e. The summed E-state index contributed by atoms with van der Waals surface area (Å²) in [5.74, 6) is -2.80. The molecule has 0 aromatic rings. The lowest BCUT2D eigenvalue weighted by Gasteiger charge is -2.61. The third-order valence-corrected chi connectivity index (χ3v) is 7.56. The highest BCUT2D eigenvalue weighted by atomic mass is 16.7. The van der Waals surface area contributed by atoms with Gasteiger partial charge in [-0.05, 0) is 54.6 Å². The van der Waals surface area contributed by atoms with Crippen LogP contribution in [0.2, 0.25) is 0 Å². The van der Waals surface area contributed by atoms with E-state index >= 15 is 0 Å². The number of ether oxygens (including phenoxy) is 1. The highest BCUT2D eigenvalue weighted by molar-refractivity contribution is 5.93. The van der Waals surface area contributed by atoms with Gasteiger partial charge in [0.25, 0.3) is 5.79 Å². The molecular weight excluding hydrogens is 320 g/mol. The molecule has 3 N–H and O–H groups in total. The molecule has 0 spiro atoms. The molecule has 4 aliphatic rings. The van der Waals surface area contributed by atoms with E-state index in [2.05, 4.69) is 20.8 Å². The lowest BCUT2D eigenvalue weighted by atomic mass is 9.45. The van der Waals surface area contributed by atoms with Crippen molar-refractivity contribution in [2.45, 2.75) is 71.4 Å². The zero-order valence-corrected chi connectivity index (χ0v) is 15.4. The van der Waals surface area contributed by atoms with Crippen LogP contribution in [0.15, 0.2) is 22.8 Å². The van der Waals surface area contributed by atoms with E-state index in [-0.39, 0.29) is 16.7 Å². The molecule has 5 heteroatoms. The van der Waals surface area contributed by atoms with Gasteiger partial charge in [0.15, 0.2) is 0 Å². The van der Waals surface area contributed by atoms with Crippen molar-refractivity contribution in [3.63, 3.8) is 0 Å². The van der Waals surface area contributed by atoms with E-state index in [1.807, 2.05) is 0 Å². The zero-order chi connectivity index (χ0) is 18.4. The van der Waals surface area contributed by atoms with Crippen LogP contribution in [0.3, 0.4) is 0 Å². The second-order valence-electron chi connectivity index (χ2n) is 9.34. The molecule has 0 amide bonds. The minimum absolute atomic E-state index is 0.0558. The molecule has 0 radical (unpaired) electrons. The number of fused-ring (bicyclic) bond motifs is 4. The summed E-state index contributed by atoms with van der Waals surface area (Å²) < 4.78 is 5.20. The minimum atomic E-state index is -2.00. The first kappa shape index (κ1) is 17.3. The van der Waals surface area contributed by atoms with Crippen molar-refractivity contribution >= 4 is 5.97 Å². The van der Waals surface area contributed by atoms with Crippen LogP contribution in [0.1, 0.15) is 53.4 Å². The Labute approximate surface area is 148 Å². The van der Waals surface area contributed by atoms with Crippen LogP contribution >= 0.6 is 0 Å². The molecule has 2 saturated carbocycles. The molecule has 0 saturated heterocycles. The summed E-state index contributed by atoms with van der Waals surface area (Å²) in [6.45, 7) is 8.20. The van der Waals surface area contributed by atoms with Crippen molar-refractivity contribution in [2.24, 2.45) is 22.7 Å². The van der Waals surface area contributed by atoms with E-state index in [0.29, 0.717) is 17.6 Å². The molecule has 1 heterocycles. The third kappa shape index (κ3) is 2.03. The molecule has 4 rings (SSSR count). The Morgan fingerprint density at radius 3 is 2.56 bits per heavy atom. The van der Waals surface area contributed by atoms with Gasteiger partial charge in [-0.1, -0.05) is 27.2 Å². The van der Waals surface area contributed by atoms with Crippen LogP contribution < -0.4 is 0 Å². The Morgan fingerprint density at radius 1 is 1.20 bits per heavy atom. The van der Waals surface area contributed by atoms with E-state index in [9.17, 15) is 20.1 Å². The molecule has 0 unspecified atom stereocenters. The molecule has 0 aromatic carbocycles. The molecule has 3 aliphatic carbocycles. The maximum atomic E-state index is 12.0. The van der Waals surface area contributed by atoms with Crippen molar-refractivity contribution < 1.29 is 24.9 Å². The van der Waals surface area contributed by atoms with Crippen LogP contribution in [0.4, 0.5) is 0 Å². The largest absolute Gasteiger partial charge is 0.422 e. The number of hydrogen-bond donors (Lipinski definition) is 3. The second-order valence-corrected chi connectivity index (χ2v) is 9.34. The number of hydrogen-bond acceptors (Lipinski definition) is 5. The summed E-state index contributed by atoms with van der Waals surface area (Å²) in [5.41, 5.74) is 1.14. The number of carbonyl (C=O) groups is 1. The van der Waals surface area contributed by atoms with Gasteiger partial charge in [-0.15, -0.1) is 0 Å². The van der Waals surface area contributed by atoms with E-state index in [1.54, 1.807) is 13.0 Å². The molecule has 0 bridgehead atoms. The molecular formula is C20H28O5. The topological polar surface area (TPSA) is 87.0 Å². The van der Waals surface area contributed by atoms with Crippen LogP contribution in [0.5, 0.6) is 0 Å². The summed E-state index contributed by atoms with van der Waals surface area (Å²) in [7, 11) is 0. The van der Waals surface area contributed by atoms with Gasteiger partial charge in [0.2, 0.25) is 0 Å². The lowest BCUT2D eigenvalue weighted by Crippen LogP contribution is -2.62. The van der Waals surface area contributed by atoms with Gasteiger partial charge >= 0.3 is 5.97 Å². The standard InChI is InChI=1S/C20H28O5/c1-10-12-8-11-13(21)9-14-18(2,3)6-5-7-19(14,4)15(11)16(22)20(12,24)25-17(10)23/h8,13-16,21-22,24H,5-7,9H2,1-4H3/t13-,14+,15-,16+,19+,20+/m0/s1. The van der Waals surface area contributed by atoms with E-state index < -0.39 is 29.9 Å². The fraction of sp³-hybridized carbons (Fsp3) is 0.750. The van der Waals surface area contributed by atoms with Crippen LogP contribution in [-0.2, 0) is 9.53 Å². The highest BCUT2D eigenvalue weighted by Crippen LogP contribution is 2.64. The molecule has 2 fully saturated rings. The van der Waals surface area contributed by atoms with E-state index in [4.69, 9.17) is 4.74 Å². The summed E-state index contributed by atoms with van der Waals surface area (Å²) in [5, 5.41) is 33.0. The SMILES string of the molecule is CC1=C2C=C3[C@@H](O)C[C@@H]4C(C)(C)CCC[C@@]4(C)[C@@H]3[C@@H](O)[C@]2(O)OC1=O. The van der Waals surface area contributed by atoms with Crippen molar-refractivity contribution in [3.8, 4) is 0 Å². The molecule has 1 aliphatic heterocycles. The Hall–Kier alpha value is -1.17. The Kier molecular flexibility index (Phi) is 3.42. The van der Waals surface area contributed by atoms with Gasteiger partial charge in [0.05, 0.1) is 6.10 Å². The van der Waals surface area contributed by atoms with Crippen LogP contribution in [-0.4, -0.2) is 39.3 Å². The fourth-order valence-corrected chi connectivity index (χ4v) is 6.28. The van der Waals surface area contributed by atoms with Crippen LogP contribution in [0.25, 0.3) is 0 Å². The highest BCUT2D eigenvalue weighted by Gasteiger charge is 2.65. The number of aliphatic hydroxyl groups is 3. The summed E-state index contributed by atoms with van der Waals surface area (Å²) in [4.78, 5) is 12.0. The molecule has 0 aromatic heterocycles. The molecule has 6 atom stereocenters. The second kappa shape index (κ2) is 4.96. The first-order chi connectivity index (χ1) is 11.5. The van der Waals surface area contributed by atoms with E-state index in [1.165, 1.54) is 0 Å².